The summed E-state index contributed by atoms with van der Waals surface area (Å²) in [5.41, 5.74) is 2.94. The first-order valence-corrected chi connectivity index (χ1v) is 6.67. The van der Waals surface area contributed by atoms with Crippen LogP contribution in [0.25, 0.3) is 0 Å². The third-order valence-electron chi connectivity index (χ3n) is 2.32. The van der Waals surface area contributed by atoms with Crippen molar-refractivity contribution in [2.45, 2.75) is 0 Å². The molecule has 0 atom stereocenters. The first-order chi connectivity index (χ1) is 9.58. The summed E-state index contributed by atoms with van der Waals surface area (Å²) in [5.74, 6) is -0.451. The van der Waals surface area contributed by atoms with E-state index >= 15 is 0 Å². The fraction of sp³-hybridized carbons (Fsp3) is 0. The predicted octanol–water partition coefficient (Wildman–Crippen LogP) is 2.97. The monoisotopic (exact) mass is 353 g/mol. The van der Waals surface area contributed by atoms with E-state index < -0.39 is 5.91 Å². The molecule has 5 nitrogen and oxygen atoms in total. The van der Waals surface area contributed by atoms with Crippen LogP contribution in [-0.2, 0) is 0 Å². The van der Waals surface area contributed by atoms with Crippen molar-refractivity contribution < 1.29 is 9.90 Å². The number of carbonyl (C=O) groups is 1. The molecule has 2 rings (SSSR count). The van der Waals surface area contributed by atoms with Crippen LogP contribution in [0.1, 0.15) is 16.1 Å². The van der Waals surface area contributed by atoms with Crippen LogP contribution in [0.4, 0.5) is 0 Å². The molecule has 1 heterocycles. The third-order valence-corrected chi connectivity index (χ3v) is 3.15. The standard InChI is InChI=1S/C13H9BrClN3O2/c14-10-6-9(15)5-8(12(10)19)7-17-18-13(20)11-3-1-2-4-16-11/h1-7,19H,(H,18,20). The summed E-state index contributed by atoms with van der Waals surface area (Å²) in [6, 6.07) is 8.06. The van der Waals surface area contributed by atoms with Crippen LogP contribution in [0.5, 0.6) is 5.75 Å². The lowest BCUT2D eigenvalue weighted by Gasteiger charge is -2.02. The van der Waals surface area contributed by atoms with Crippen molar-refractivity contribution in [1.82, 2.24) is 10.4 Å². The summed E-state index contributed by atoms with van der Waals surface area (Å²) in [7, 11) is 0. The Labute approximate surface area is 128 Å². The van der Waals surface area contributed by atoms with Crippen molar-refractivity contribution in [2.24, 2.45) is 5.10 Å². The van der Waals surface area contributed by atoms with Crippen LogP contribution in [0.3, 0.4) is 0 Å². The van der Waals surface area contributed by atoms with Crippen LogP contribution >= 0.6 is 27.5 Å². The molecule has 2 aromatic rings. The summed E-state index contributed by atoms with van der Waals surface area (Å²) >= 11 is 9.02. The van der Waals surface area contributed by atoms with Crippen molar-refractivity contribution in [3.05, 3.63) is 57.3 Å². The Balaban J connectivity index is 2.10. The number of aromatic nitrogens is 1. The molecule has 1 aromatic heterocycles. The van der Waals surface area contributed by atoms with E-state index in [9.17, 15) is 9.90 Å². The highest BCUT2D eigenvalue weighted by Gasteiger charge is 2.07. The number of benzene rings is 1. The number of amides is 1. The van der Waals surface area contributed by atoms with E-state index in [2.05, 4.69) is 31.4 Å². The lowest BCUT2D eigenvalue weighted by molar-refractivity contribution is 0.0950. The van der Waals surface area contributed by atoms with Gasteiger partial charge < -0.3 is 5.11 Å². The van der Waals surface area contributed by atoms with Gasteiger partial charge in [-0.25, -0.2) is 5.43 Å². The Kier molecular flexibility index (Phi) is 4.70. The normalized spacial score (nSPS) is 10.7. The van der Waals surface area contributed by atoms with Gasteiger partial charge in [-0.3, -0.25) is 9.78 Å². The summed E-state index contributed by atoms with van der Waals surface area (Å²) in [6.07, 6.45) is 2.81. The number of nitrogens with zero attached hydrogens (tertiary/aromatic N) is 2. The van der Waals surface area contributed by atoms with Gasteiger partial charge in [0.15, 0.2) is 0 Å². The van der Waals surface area contributed by atoms with Crippen molar-refractivity contribution in [1.29, 1.82) is 0 Å². The number of halogens is 2. The average molecular weight is 355 g/mol. The maximum atomic E-state index is 11.7. The number of phenols is 1. The van der Waals surface area contributed by atoms with Gasteiger partial charge >= 0.3 is 0 Å². The van der Waals surface area contributed by atoms with Gasteiger partial charge in [0.05, 0.1) is 10.7 Å². The molecule has 102 valence electrons. The highest BCUT2D eigenvalue weighted by molar-refractivity contribution is 9.10. The van der Waals surface area contributed by atoms with E-state index in [0.29, 0.717) is 15.1 Å². The molecule has 7 heteroatoms. The largest absolute Gasteiger partial charge is 0.506 e. The van der Waals surface area contributed by atoms with Gasteiger partial charge in [-0.2, -0.15) is 5.10 Å². The third kappa shape index (κ3) is 3.55. The molecule has 0 radical (unpaired) electrons. The van der Waals surface area contributed by atoms with Gasteiger partial charge in [0.2, 0.25) is 0 Å². The number of hydrogen-bond acceptors (Lipinski definition) is 4. The van der Waals surface area contributed by atoms with E-state index in [-0.39, 0.29) is 11.4 Å². The van der Waals surface area contributed by atoms with E-state index in [0.717, 1.165) is 0 Å². The molecule has 0 spiro atoms. The van der Waals surface area contributed by atoms with Gasteiger partial charge in [-0.15, -0.1) is 0 Å². The minimum Gasteiger partial charge on any atom is -0.506 e. The number of hydrazone groups is 1. The fourth-order valence-corrected chi connectivity index (χ4v) is 2.23. The molecule has 0 saturated carbocycles. The molecule has 0 unspecified atom stereocenters. The summed E-state index contributed by atoms with van der Waals surface area (Å²) in [6.45, 7) is 0. The van der Waals surface area contributed by atoms with Crippen LogP contribution in [0.2, 0.25) is 5.02 Å². The smallest absolute Gasteiger partial charge is 0.289 e. The molecule has 0 aliphatic carbocycles. The van der Waals surface area contributed by atoms with Gasteiger partial charge in [0.25, 0.3) is 5.91 Å². The Morgan fingerprint density at radius 2 is 2.25 bits per heavy atom. The predicted molar refractivity (Wildman–Crippen MR) is 80.1 cm³/mol. The van der Waals surface area contributed by atoms with Crippen molar-refractivity contribution in [3.63, 3.8) is 0 Å². The molecule has 0 aliphatic rings. The number of pyridine rings is 1. The zero-order valence-corrected chi connectivity index (χ0v) is 12.4. The van der Waals surface area contributed by atoms with Gasteiger partial charge in [0, 0.05) is 16.8 Å². The first-order valence-electron chi connectivity index (χ1n) is 5.50. The maximum Gasteiger partial charge on any atom is 0.289 e. The second-order valence-electron chi connectivity index (χ2n) is 3.74. The molecule has 1 aromatic carbocycles. The number of carbonyl (C=O) groups excluding carboxylic acids is 1. The number of aromatic hydroxyl groups is 1. The average Bonchev–Trinajstić information content (AvgIpc) is 2.44. The van der Waals surface area contributed by atoms with E-state index in [1.54, 1.807) is 24.3 Å². The Bertz CT molecular complexity index is 662. The molecular weight excluding hydrogens is 346 g/mol. The Morgan fingerprint density at radius 1 is 1.45 bits per heavy atom. The van der Waals surface area contributed by atoms with Crippen LogP contribution in [0.15, 0.2) is 46.1 Å². The van der Waals surface area contributed by atoms with Gasteiger partial charge in [-0.05, 0) is 40.2 Å². The summed E-state index contributed by atoms with van der Waals surface area (Å²) in [5, 5.41) is 14.0. The lowest BCUT2D eigenvalue weighted by atomic mass is 10.2. The van der Waals surface area contributed by atoms with E-state index in [4.69, 9.17) is 11.6 Å². The minimum atomic E-state index is -0.442. The number of phenolic OH excluding ortho intramolecular Hbond substituents is 1. The first kappa shape index (κ1) is 14.5. The number of rotatable bonds is 3. The molecule has 2 N–H and O–H groups in total. The molecule has 0 bridgehead atoms. The van der Waals surface area contributed by atoms with Crippen LogP contribution in [-0.4, -0.2) is 22.2 Å². The Hall–Kier alpha value is -1.92. The zero-order chi connectivity index (χ0) is 14.5. The lowest BCUT2D eigenvalue weighted by Crippen LogP contribution is -2.18. The molecule has 0 fully saturated rings. The van der Waals surface area contributed by atoms with Crippen molar-refractivity contribution >= 4 is 39.7 Å². The van der Waals surface area contributed by atoms with Gasteiger partial charge in [0.1, 0.15) is 11.4 Å². The highest BCUT2D eigenvalue weighted by atomic mass is 79.9. The van der Waals surface area contributed by atoms with Crippen molar-refractivity contribution in [2.75, 3.05) is 0 Å². The SMILES string of the molecule is O=C(NN=Cc1cc(Cl)cc(Br)c1O)c1ccccn1. The zero-order valence-electron chi connectivity index (χ0n) is 10.0. The molecule has 0 saturated heterocycles. The van der Waals surface area contributed by atoms with Gasteiger partial charge in [-0.1, -0.05) is 17.7 Å². The summed E-state index contributed by atoms with van der Waals surface area (Å²) < 4.78 is 0.447. The van der Waals surface area contributed by atoms with E-state index in [1.807, 2.05) is 0 Å². The van der Waals surface area contributed by atoms with E-state index in [1.165, 1.54) is 18.5 Å². The molecule has 0 aliphatic heterocycles. The maximum absolute atomic E-state index is 11.7. The number of hydrogen-bond donors (Lipinski definition) is 2. The second kappa shape index (κ2) is 6.49. The topological polar surface area (TPSA) is 74.6 Å². The van der Waals surface area contributed by atoms with Crippen LogP contribution in [0, 0.1) is 0 Å². The number of nitrogens with one attached hydrogen (secondary N) is 1. The molecule has 20 heavy (non-hydrogen) atoms. The molecular formula is C13H9BrClN3O2. The fourth-order valence-electron chi connectivity index (χ4n) is 1.40. The summed E-state index contributed by atoms with van der Waals surface area (Å²) in [4.78, 5) is 15.6. The van der Waals surface area contributed by atoms with Crippen molar-refractivity contribution in [3.8, 4) is 5.75 Å². The quantitative estimate of drug-likeness (QED) is 0.657. The minimum absolute atomic E-state index is 0.00904. The Morgan fingerprint density at radius 3 is 2.95 bits per heavy atom. The highest BCUT2D eigenvalue weighted by Crippen LogP contribution is 2.30. The molecule has 1 amide bonds. The second-order valence-corrected chi connectivity index (χ2v) is 5.03. The van der Waals surface area contributed by atoms with Crippen LogP contribution < -0.4 is 5.43 Å².